The molecule has 0 saturated carbocycles. The lowest BCUT2D eigenvalue weighted by atomic mass is 10.0. The second-order valence-electron chi connectivity index (χ2n) is 8.89. The van der Waals surface area contributed by atoms with Gasteiger partial charge < -0.3 is 19.1 Å². The standard InChI is InChI=1S/C28H25N5O3/c34-22(15-23-16-27(32-36-23)21-2-1-8-29-18-21)14-19-3-5-20(6-4-19)26-17-24-25(31-26)7-9-30-28(24)33-10-12-35-13-11-33/h1-9,16-18,31H,10-15H2. The van der Waals surface area contributed by atoms with Crippen LogP contribution >= 0.6 is 0 Å². The molecule has 0 spiro atoms. The molecule has 0 bridgehead atoms. The summed E-state index contributed by atoms with van der Waals surface area (Å²) in [6.45, 7) is 3.12. The summed E-state index contributed by atoms with van der Waals surface area (Å²) in [5, 5.41) is 5.16. The number of benzene rings is 1. The van der Waals surface area contributed by atoms with Gasteiger partial charge in [0, 0.05) is 60.8 Å². The van der Waals surface area contributed by atoms with Crippen molar-refractivity contribution < 1.29 is 14.1 Å². The van der Waals surface area contributed by atoms with Gasteiger partial charge in [0.1, 0.15) is 23.1 Å². The molecule has 0 aliphatic carbocycles. The van der Waals surface area contributed by atoms with E-state index in [2.05, 4.69) is 31.1 Å². The van der Waals surface area contributed by atoms with Crippen LogP contribution in [0.3, 0.4) is 0 Å². The summed E-state index contributed by atoms with van der Waals surface area (Å²) in [4.78, 5) is 27.2. The predicted molar refractivity (Wildman–Crippen MR) is 137 cm³/mol. The fourth-order valence-corrected chi connectivity index (χ4v) is 4.55. The second-order valence-corrected chi connectivity index (χ2v) is 8.89. The number of carbonyl (C=O) groups is 1. The minimum atomic E-state index is 0.0727. The van der Waals surface area contributed by atoms with Crippen molar-refractivity contribution in [2.75, 3.05) is 31.2 Å². The zero-order valence-corrected chi connectivity index (χ0v) is 19.7. The molecule has 180 valence electrons. The van der Waals surface area contributed by atoms with Crippen LogP contribution in [0.4, 0.5) is 5.82 Å². The highest BCUT2D eigenvalue weighted by atomic mass is 16.5. The van der Waals surface area contributed by atoms with Gasteiger partial charge in [-0.3, -0.25) is 9.78 Å². The fourth-order valence-electron chi connectivity index (χ4n) is 4.55. The smallest absolute Gasteiger partial charge is 0.144 e. The monoisotopic (exact) mass is 479 g/mol. The molecule has 4 aromatic heterocycles. The van der Waals surface area contributed by atoms with Gasteiger partial charge in [0.2, 0.25) is 0 Å². The summed E-state index contributed by atoms with van der Waals surface area (Å²) >= 11 is 0. The van der Waals surface area contributed by atoms with Crippen molar-refractivity contribution in [2.45, 2.75) is 12.8 Å². The van der Waals surface area contributed by atoms with E-state index in [-0.39, 0.29) is 12.2 Å². The average molecular weight is 480 g/mol. The van der Waals surface area contributed by atoms with Crippen LogP contribution in [-0.2, 0) is 22.4 Å². The molecule has 5 heterocycles. The number of Topliss-reactive ketones (excluding diaryl/α,β-unsaturated/α-hetero) is 1. The van der Waals surface area contributed by atoms with Crippen LogP contribution in [0, 0.1) is 0 Å². The maximum Gasteiger partial charge on any atom is 0.144 e. The maximum absolute atomic E-state index is 12.7. The molecule has 0 radical (unpaired) electrons. The van der Waals surface area contributed by atoms with Crippen LogP contribution in [0.1, 0.15) is 11.3 Å². The van der Waals surface area contributed by atoms with Crippen LogP contribution < -0.4 is 4.90 Å². The Morgan fingerprint density at radius 1 is 0.972 bits per heavy atom. The number of pyridine rings is 2. The Kier molecular flexibility index (Phi) is 6.01. The summed E-state index contributed by atoms with van der Waals surface area (Å²) in [5.41, 5.74) is 5.64. The summed E-state index contributed by atoms with van der Waals surface area (Å²) < 4.78 is 10.9. The highest BCUT2D eigenvalue weighted by Gasteiger charge is 2.17. The van der Waals surface area contributed by atoms with Gasteiger partial charge in [-0.25, -0.2) is 4.98 Å². The Morgan fingerprint density at radius 3 is 2.64 bits per heavy atom. The number of anilines is 1. The number of nitrogens with one attached hydrogen (secondary N) is 1. The van der Waals surface area contributed by atoms with E-state index in [1.165, 1.54) is 0 Å². The van der Waals surface area contributed by atoms with Gasteiger partial charge in [-0.1, -0.05) is 29.4 Å². The lowest BCUT2D eigenvalue weighted by molar-refractivity contribution is -0.118. The number of hydrogen-bond acceptors (Lipinski definition) is 7. The lowest BCUT2D eigenvalue weighted by Gasteiger charge is -2.28. The second kappa shape index (κ2) is 9.75. The number of fused-ring (bicyclic) bond motifs is 1. The van der Waals surface area contributed by atoms with Crippen molar-refractivity contribution in [1.82, 2.24) is 20.1 Å². The van der Waals surface area contributed by atoms with Gasteiger partial charge in [0.25, 0.3) is 0 Å². The van der Waals surface area contributed by atoms with Crippen molar-refractivity contribution in [3.05, 3.63) is 84.5 Å². The summed E-state index contributed by atoms with van der Waals surface area (Å²) in [6, 6.07) is 17.8. The van der Waals surface area contributed by atoms with E-state index >= 15 is 0 Å². The van der Waals surface area contributed by atoms with E-state index in [1.54, 1.807) is 18.5 Å². The number of aromatic nitrogens is 4. The van der Waals surface area contributed by atoms with Crippen LogP contribution in [0.25, 0.3) is 33.4 Å². The Hall–Kier alpha value is -4.30. The van der Waals surface area contributed by atoms with Gasteiger partial charge >= 0.3 is 0 Å². The largest absolute Gasteiger partial charge is 0.378 e. The topological polar surface area (TPSA) is 97.1 Å². The van der Waals surface area contributed by atoms with Crippen LogP contribution in [0.5, 0.6) is 0 Å². The molecule has 0 amide bonds. The fraction of sp³-hybridized carbons (Fsp3) is 0.214. The quantitative estimate of drug-likeness (QED) is 0.368. The molecular weight excluding hydrogens is 454 g/mol. The van der Waals surface area contributed by atoms with Crippen molar-refractivity contribution >= 4 is 22.5 Å². The number of morpholine rings is 1. The van der Waals surface area contributed by atoms with Crippen LogP contribution in [0.15, 0.2) is 77.7 Å². The molecule has 1 N–H and O–H groups in total. The number of ether oxygens (including phenoxy) is 1. The highest BCUT2D eigenvalue weighted by molar-refractivity contribution is 5.94. The molecule has 1 aromatic carbocycles. The molecule has 0 atom stereocenters. The van der Waals surface area contributed by atoms with Gasteiger partial charge in [-0.05, 0) is 35.4 Å². The maximum atomic E-state index is 12.7. The van der Waals surface area contributed by atoms with E-state index in [0.29, 0.717) is 17.9 Å². The molecule has 8 heteroatoms. The molecule has 6 rings (SSSR count). The zero-order chi connectivity index (χ0) is 24.3. The molecule has 1 aliphatic rings. The minimum Gasteiger partial charge on any atom is -0.378 e. The number of H-pyrrole nitrogens is 1. The van der Waals surface area contributed by atoms with Crippen molar-refractivity contribution in [2.24, 2.45) is 0 Å². The molecule has 1 fully saturated rings. The molecule has 36 heavy (non-hydrogen) atoms. The highest BCUT2D eigenvalue weighted by Crippen LogP contribution is 2.30. The molecule has 8 nitrogen and oxygen atoms in total. The molecule has 0 unspecified atom stereocenters. The molecule has 5 aromatic rings. The molecule has 1 saturated heterocycles. The summed E-state index contributed by atoms with van der Waals surface area (Å²) in [6.07, 6.45) is 5.81. The Balaban J connectivity index is 1.14. The predicted octanol–water partition coefficient (Wildman–Crippen LogP) is 4.47. The number of nitrogens with zero attached hydrogens (tertiary/aromatic N) is 4. The molecular formula is C28H25N5O3. The third-order valence-electron chi connectivity index (χ3n) is 6.39. The lowest BCUT2D eigenvalue weighted by Crippen LogP contribution is -2.36. The van der Waals surface area contributed by atoms with Gasteiger partial charge in [-0.2, -0.15) is 0 Å². The number of aromatic amines is 1. The SMILES string of the molecule is O=C(Cc1ccc(-c2cc3c(N4CCOCC4)nccc3[nH]2)cc1)Cc1cc(-c2cccnc2)no1. The minimum absolute atomic E-state index is 0.0727. The third-order valence-corrected chi connectivity index (χ3v) is 6.39. The number of rotatable bonds is 7. The average Bonchev–Trinajstić information content (AvgIpc) is 3.57. The molecule has 1 aliphatic heterocycles. The van der Waals surface area contributed by atoms with Gasteiger partial charge in [0.05, 0.1) is 25.2 Å². The first-order chi connectivity index (χ1) is 17.7. The normalized spacial score (nSPS) is 13.8. The van der Waals surface area contributed by atoms with E-state index < -0.39 is 0 Å². The Bertz CT molecular complexity index is 1480. The van der Waals surface area contributed by atoms with E-state index in [0.717, 1.165) is 65.4 Å². The number of ketones is 1. The van der Waals surface area contributed by atoms with Crippen molar-refractivity contribution in [3.63, 3.8) is 0 Å². The van der Waals surface area contributed by atoms with Crippen LogP contribution in [-0.4, -0.2) is 52.2 Å². The first kappa shape index (κ1) is 22.2. The zero-order valence-electron chi connectivity index (χ0n) is 19.7. The first-order valence-corrected chi connectivity index (χ1v) is 12.0. The van der Waals surface area contributed by atoms with Gasteiger partial charge in [0.15, 0.2) is 0 Å². The van der Waals surface area contributed by atoms with E-state index in [4.69, 9.17) is 9.26 Å². The number of hydrogen-bond donors (Lipinski definition) is 1. The Labute approximate surface area is 207 Å². The van der Waals surface area contributed by atoms with E-state index in [1.807, 2.05) is 48.7 Å². The van der Waals surface area contributed by atoms with Crippen molar-refractivity contribution in [1.29, 1.82) is 0 Å². The Morgan fingerprint density at radius 2 is 1.83 bits per heavy atom. The summed E-state index contributed by atoms with van der Waals surface area (Å²) in [7, 11) is 0. The van der Waals surface area contributed by atoms with Gasteiger partial charge in [-0.15, -0.1) is 0 Å². The summed E-state index contributed by atoms with van der Waals surface area (Å²) in [5.74, 6) is 1.61. The van der Waals surface area contributed by atoms with Crippen LogP contribution in [0.2, 0.25) is 0 Å². The first-order valence-electron chi connectivity index (χ1n) is 12.0. The number of carbonyl (C=O) groups excluding carboxylic acids is 1. The van der Waals surface area contributed by atoms with E-state index in [9.17, 15) is 4.79 Å². The third kappa shape index (κ3) is 4.63. The van der Waals surface area contributed by atoms with Crippen molar-refractivity contribution in [3.8, 4) is 22.5 Å².